The first-order chi connectivity index (χ1) is 11.5. The van der Waals surface area contributed by atoms with Gasteiger partial charge in [-0.2, -0.15) is 0 Å². The highest BCUT2D eigenvalue weighted by Gasteiger charge is 2.20. The molecule has 1 heterocycles. The van der Waals surface area contributed by atoms with Gasteiger partial charge in [0, 0.05) is 18.8 Å². The minimum atomic E-state index is -0.224. The predicted octanol–water partition coefficient (Wildman–Crippen LogP) is 4.41. The molecule has 1 aliphatic rings. The fraction of sp³-hybridized carbons (Fsp3) is 0.316. The van der Waals surface area contributed by atoms with Crippen LogP contribution in [0.5, 0.6) is 0 Å². The summed E-state index contributed by atoms with van der Waals surface area (Å²) in [5.41, 5.74) is 8.75. The van der Waals surface area contributed by atoms with Crippen molar-refractivity contribution >= 4 is 34.6 Å². The number of hydrogen-bond acceptors (Lipinski definition) is 3. The third-order valence-corrected chi connectivity index (χ3v) is 4.84. The zero-order chi connectivity index (χ0) is 17.1. The number of benzene rings is 2. The van der Waals surface area contributed by atoms with E-state index >= 15 is 0 Å². The number of hydrogen-bond donors (Lipinski definition) is 2. The van der Waals surface area contributed by atoms with E-state index in [2.05, 4.69) is 17.1 Å². The van der Waals surface area contributed by atoms with E-state index in [4.69, 9.17) is 17.3 Å². The molecule has 0 radical (unpaired) electrons. The molecule has 0 aromatic heterocycles. The zero-order valence-electron chi connectivity index (χ0n) is 13.8. The van der Waals surface area contributed by atoms with E-state index in [0.717, 1.165) is 43.2 Å². The van der Waals surface area contributed by atoms with Gasteiger partial charge in [-0.1, -0.05) is 30.7 Å². The van der Waals surface area contributed by atoms with E-state index in [1.807, 2.05) is 18.2 Å². The molecule has 0 saturated carbocycles. The summed E-state index contributed by atoms with van der Waals surface area (Å²) >= 11 is 6.13. The number of nitrogens with one attached hydrogen (secondary N) is 1. The Kier molecular flexibility index (Phi) is 4.95. The van der Waals surface area contributed by atoms with E-state index in [0.29, 0.717) is 16.3 Å². The molecule has 126 valence electrons. The first-order valence-corrected chi connectivity index (χ1v) is 8.63. The predicted molar refractivity (Wildman–Crippen MR) is 101 cm³/mol. The maximum atomic E-state index is 12.6. The number of halogens is 1. The van der Waals surface area contributed by atoms with Crippen LogP contribution in [0.1, 0.15) is 30.1 Å². The molecule has 1 aliphatic heterocycles. The minimum Gasteiger partial charge on any atom is -0.399 e. The summed E-state index contributed by atoms with van der Waals surface area (Å²) in [6, 6.07) is 12.7. The van der Waals surface area contributed by atoms with Gasteiger partial charge in [0.25, 0.3) is 5.91 Å². The molecule has 2 aromatic rings. The van der Waals surface area contributed by atoms with Crippen molar-refractivity contribution < 1.29 is 4.79 Å². The van der Waals surface area contributed by atoms with E-state index in [1.54, 1.807) is 24.3 Å². The molecule has 1 saturated heterocycles. The van der Waals surface area contributed by atoms with Crippen LogP contribution in [-0.4, -0.2) is 19.0 Å². The molecule has 0 spiro atoms. The van der Waals surface area contributed by atoms with Crippen molar-refractivity contribution in [3.63, 3.8) is 0 Å². The van der Waals surface area contributed by atoms with Crippen molar-refractivity contribution in [2.45, 2.75) is 19.8 Å². The van der Waals surface area contributed by atoms with Gasteiger partial charge in [-0.25, -0.2) is 0 Å². The SMILES string of the molecule is CC1CCN(c2ccc(N)cc2NC(=O)c2ccccc2Cl)CC1. The summed E-state index contributed by atoms with van der Waals surface area (Å²) in [5.74, 6) is 0.522. The fourth-order valence-corrected chi connectivity index (χ4v) is 3.24. The van der Waals surface area contributed by atoms with Crippen LogP contribution in [0, 0.1) is 5.92 Å². The van der Waals surface area contributed by atoms with Gasteiger partial charge in [0.15, 0.2) is 0 Å². The number of nitrogens with two attached hydrogens (primary N) is 1. The normalized spacial score (nSPS) is 15.3. The van der Waals surface area contributed by atoms with E-state index in [9.17, 15) is 4.79 Å². The average Bonchev–Trinajstić information content (AvgIpc) is 2.56. The maximum Gasteiger partial charge on any atom is 0.257 e. The smallest absolute Gasteiger partial charge is 0.257 e. The number of nitrogens with zero attached hydrogens (tertiary/aromatic N) is 1. The fourth-order valence-electron chi connectivity index (χ4n) is 3.01. The third kappa shape index (κ3) is 3.65. The molecule has 0 aliphatic carbocycles. The second kappa shape index (κ2) is 7.14. The molecule has 3 N–H and O–H groups in total. The van der Waals surface area contributed by atoms with E-state index in [1.165, 1.54) is 0 Å². The van der Waals surface area contributed by atoms with Crippen LogP contribution >= 0.6 is 11.6 Å². The first-order valence-electron chi connectivity index (χ1n) is 8.25. The molecule has 0 bridgehead atoms. The highest BCUT2D eigenvalue weighted by Crippen LogP contribution is 2.32. The highest BCUT2D eigenvalue weighted by atomic mass is 35.5. The van der Waals surface area contributed by atoms with E-state index < -0.39 is 0 Å². The Morgan fingerprint density at radius 1 is 1.21 bits per heavy atom. The lowest BCUT2D eigenvalue weighted by Crippen LogP contribution is -2.33. The number of carbonyl (C=O) groups is 1. The highest BCUT2D eigenvalue weighted by molar-refractivity contribution is 6.34. The molecular formula is C19H22ClN3O. The topological polar surface area (TPSA) is 58.4 Å². The van der Waals surface area contributed by atoms with Crippen molar-refractivity contribution in [3.8, 4) is 0 Å². The molecule has 0 atom stereocenters. The second-order valence-corrected chi connectivity index (χ2v) is 6.79. The van der Waals surface area contributed by atoms with Gasteiger partial charge in [-0.15, -0.1) is 0 Å². The number of nitrogen functional groups attached to an aromatic ring is 1. The number of amides is 1. The lowest BCUT2D eigenvalue weighted by atomic mass is 9.98. The van der Waals surface area contributed by atoms with Crippen molar-refractivity contribution in [1.29, 1.82) is 0 Å². The average molecular weight is 344 g/mol. The summed E-state index contributed by atoms with van der Waals surface area (Å²) in [7, 11) is 0. The van der Waals surface area contributed by atoms with Crippen molar-refractivity contribution in [1.82, 2.24) is 0 Å². The summed E-state index contributed by atoms with van der Waals surface area (Å²) in [4.78, 5) is 14.9. The summed E-state index contributed by atoms with van der Waals surface area (Å²) in [6.45, 7) is 4.25. The van der Waals surface area contributed by atoms with Gasteiger partial charge in [0.05, 0.1) is 22.0 Å². The van der Waals surface area contributed by atoms with Crippen LogP contribution in [-0.2, 0) is 0 Å². The molecule has 4 nitrogen and oxygen atoms in total. The van der Waals surface area contributed by atoms with Gasteiger partial charge in [-0.05, 0) is 49.1 Å². The Morgan fingerprint density at radius 2 is 1.92 bits per heavy atom. The first kappa shape index (κ1) is 16.7. The van der Waals surface area contributed by atoms with Gasteiger partial charge in [-0.3, -0.25) is 4.79 Å². The van der Waals surface area contributed by atoms with Crippen LogP contribution in [0.4, 0.5) is 17.1 Å². The number of carbonyl (C=O) groups excluding carboxylic acids is 1. The maximum absolute atomic E-state index is 12.6. The van der Waals surface area contributed by atoms with Crippen molar-refractivity contribution in [2.75, 3.05) is 29.0 Å². The van der Waals surface area contributed by atoms with Gasteiger partial charge in [0.1, 0.15) is 0 Å². The molecule has 1 fully saturated rings. The van der Waals surface area contributed by atoms with Crippen molar-refractivity contribution in [2.24, 2.45) is 5.92 Å². The van der Waals surface area contributed by atoms with Crippen LogP contribution in [0.3, 0.4) is 0 Å². The molecule has 2 aromatic carbocycles. The second-order valence-electron chi connectivity index (χ2n) is 6.38. The Bertz CT molecular complexity index is 739. The van der Waals surface area contributed by atoms with Crippen LogP contribution in [0.2, 0.25) is 5.02 Å². The Balaban J connectivity index is 1.86. The van der Waals surface area contributed by atoms with Crippen LogP contribution < -0.4 is 16.0 Å². The Labute approximate surface area is 147 Å². The largest absolute Gasteiger partial charge is 0.399 e. The lowest BCUT2D eigenvalue weighted by molar-refractivity contribution is 0.102. The summed E-state index contributed by atoms with van der Waals surface area (Å²) < 4.78 is 0. The molecule has 3 rings (SSSR count). The Hall–Kier alpha value is -2.20. The van der Waals surface area contributed by atoms with Crippen molar-refractivity contribution in [3.05, 3.63) is 53.1 Å². The van der Waals surface area contributed by atoms with Crippen LogP contribution in [0.15, 0.2) is 42.5 Å². The summed E-state index contributed by atoms with van der Waals surface area (Å²) in [6.07, 6.45) is 2.31. The zero-order valence-corrected chi connectivity index (χ0v) is 14.5. The van der Waals surface area contributed by atoms with Crippen LogP contribution in [0.25, 0.3) is 0 Å². The van der Waals surface area contributed by atoms with Gasteiger partial charge < -0.3 is 16.0 Å². The van der Waals surface area contributed by atoms with E-state index in [-0.39, 0.29) is 5.91 Å². The molecular weight excluding hydrogens is 322 g/mol. The number of piperidine rings is 1. The van der Waals surface area contributed by atoms with Gasteiger partial charge in [0.2, 0.25) is 0 Å². The molecule has 1 amide bonds. The lowest BCUT2D eigenvalue weighted by Gasteiger charge is -2.33. The molecule has 5 heteroatoms. The summed E-state index contributed by atoms with van der Waals surface area (Å²) in [5, 5.41) is 3.41. The number of anilines is 3. The van der Waals surface area contributed by atoms with Gasteiger partial charge >= 0.3 is 0 Å². The monoisotopic (exact) mass is 343 g/mol. The standard InChI is InChI=1S/C19H22ClN3O/c1-13-8-10-23(11-9-13)18-7-6-14(21)12-17(18)22-19(24)15-4-2-3-5-16(15)20/h2-7,12-13H,8-11,21H2,1H3,(H,22,24). The minimum absolute atomic E-state index is 0.224. The molecule has 24 heavy (non-hydrogen) atoms. The number of rotatable bonds is 3. The molecule has 0 unspecified atom stereocenters. The Morgan fingerprint density at radius 3 is 2.62 bits per heavy atom. The quantitative estimate of drug-likeness (QED) is 0.811. The third-order valence-electron chi connectivity index (χ3n) is 4.51.